The third-order valence-corrected chi connectivity index (χ3v) is 5.67. The third kappa shape index (κ3) is 4.94. The summed E-state index contributed by atoms with van der Waals surface area (Å²) in [6, 6.07) is 20.2. The SMILES string of the molecule is Cc1ccc(OCCN2C(=O)C(C)Oc3cc(NC(=O)c4ccc(Br)cc4)ccc32)cc1. The van der Waals surface area contributed by atoms with Crippen molar-refractivity contribution >= 4 is 39.1 Å². The Morgan fingerprint density at radius 3 is 2.53 bits per heavy atom. The van der Waals surface area contributed by atoms with Crippen molar-refractivity contribution in [2.24, 2.45) is 0 Å². The van der Waals surface area contributed by atoms with Crippen LogP contribution in [0.2, 0.25) is 0 Å². The van der Waals surface area contributed by atoms with Gasteiger partial charge < -0.3 is 19.7 Å². The quantitative estimate of drug-likeness (QED) is 0.511. The van der Waals surface area contributed by atoms with Crippen LogP contribution in [-0.4, -0.2) is 31.1 Å². The van der Waals surface area contributed by atoms with Crippen LogP contribution in [0.15, 0.2) is 71.2 Å². The fourth-order valence-electron chi connectivity index (χ4n) is 3.41. The average molecular weight is 495 g/mol. The highest BCUT2D eigenvalue weighted by Crippen LogP contribution is 2.36. The molecule has 6 nitrogen and oxygen atoms in total. The van der Waals surface area contributed by atoms with Gasteiger partial charge in [0.2, 0.25) is 0 Å². The molecular formula is C25H23BrN2O4. The summed E-state index contributed by atoms with van der Waals surface area (Å²) in [6.45, 7) is 4.47. The molecule has 0 bridgehead atoms. The number of halogens is 1. The molecule has 1 unspecified atom stereocenters. The Morgan fingerprint density at radius 2 is 1.81 bits per heavy atom. The summed E-state index contributed by atoms with van der Waals surface area (Å²) in [7, 11) is 0. The van der Waals surface area contributed by atoms with E-state index in [1.807, 2.05) is 43.3 Å². The predicted molar refractivity (Wildman–Crippen MR) is 128 cm³/mol. The van der Waals surface area contributed by atoms with Crippen molar-refractivity contribution in [3.8, 4) is 11.5 Å². The van der Waals surface area contributed by atoms with Crippen LogP contribution < -0.4 is 19.7 Å². The Balaban J connectivity index is 1.46. The van der Waals surface area contributed by atoms with E-state index in [1.165, 1.54) is 0 Å². The van der Waals surface area contributed by atoms with E-state index in [2.05, 4.69) is 21.2 Å². The lowest BCUT2D eigenvalue weighted by molar-refractivity contribution is -0.125. The van der Waals surface area contributed by atoms with Crippen LogP contribution in [0.5, 0.6) is 11.5 Å². The molecule has 7 heteroatoms. The molecular weight excluding hydrogens is 472 g/mol. The molecule has 32 heavy (non-hydrogen) atoms. The van der Waals surface area contributed by atoms with Crippen LogP contribution in [0.4, 0.5) is 11.4 Å². The minimum atomic E-state index is -0.626. The Kier molecular flexibility index (Phi) is 6.46. The molecule has 0 radical (unpaired) electrons. The second kappa shape index (κ2) is 9.44. The molecule has 4 rings (SSSR count). The van der Waals surface area contributed by atoms with Gasteiger partial charge in [-0.25, -0.2) is 0 Å². The van der Waals surface area contributed by atoms with Crippen LogP contribution in [0, 0.1) is 6.92 Å². The molecule has 0 spiro atoms. The average Bonchev–Trinajstić information content (AvgIpc) is 2.78. The normalized spacial score (nSPS) is 15.0. The zero-order chi connectivity index (χ0) is 22.7. The smallest absolute Gasteiger partial charge is 0.267 e. The summed E-state index contributed by atoms with van der Waals surface area (Å²) in [5.41, 5.74) is 2.95. The van der Waals surface area contributed by atoms with Gasteiger partial charge in [-0.3, -0.25) is 9.59 Å². The third-order valence-electron chi connectivity index (χ3n) is 5.14. The zero-order valence-corrected chi connectivity index (χ0v) is 19.4. The minimum absolute atomic E-state index is 0.128. The molecule has 3 aromatic rings. The lowest BCUT2D eigenvalue weighted by Gasteiger charge is -2.33. The molecule has 1 heterocycles. The largest absolute Gasteiger partial charge is 0.492 e. The maximum absolute atomic E-state index is 12.7. The molecule has 1 atom stereocenters. The number of aryl methyl sites for hydroxylation is 1. The molecule has 0 aliphatic carbocycles. The van der Waals surface area contributed by atoms with E-state index in [4.69, 9.17) is 9.47 Å². The highest BCUT2D eigenvalue weighted by Gasteiger charge is 2.31. The standard InChI is InChI=1S/C25H23BrN2O4/c1-16-3-10-21(11-4-16)31-14-13-28-22-12-9-20(15-23(22)32-17(2)25(28)30)27-24(29)18-5-7-19(26)8-6-18/h3-12,15,17H,13-14H2,1-2H3,(H,27,29). The van der Waals surface area contributed by atoms with Crippen molar-refractivity contribution in [3.05, 3.63) is 82.3 Å². The van der Waals surface area contributed by atoms with E-state index >= 15 is 0 Å². The van der Waals surface area contributed by atoms with Gasteiger partial charge in [-0.2, -0.15) is 0 Å². The molecule has 3 aromatic carbocycles. The first-order valence-electron chi connectivity index (χ1n) is 10.3. The second-order valence-corrected chi connectivity index (χ2v) is 8.47. The Morgan fingerprint density at radius 1 is 1.09 bits per heavy atom. The zero-order valence-electron chi connectivity index (χ0n) is 17.8. The molecule has 0 saturated carbocycles. The predicted octanol–water partition coefficient (Wildman–Crippen LogP) is 5.20. The Hall–Kier alpha value is -3.32. The van der Waals surface area contributed by atoms with Crippen molar-refractivity contribution in [1.82, 2.24) is 0 Å². The monoisotopic (exact) mass is 494 g/mol. The van der Waals surface area contributed by atoms with Crippen molar-refractivity contribution in [2.45, 2.75) is 20.0 Å². The summed E-state index contributed by atoms with van der Waals surface area (Å²) < 4.78 is 12.5. The van der Waals surface area contributed by atoms with E-state index in [0.29, 0.717) is 35.8 Å². The molecule has 0 aromatic heterocycles. The van der Waals surface area contributed by atoms with Crippen LogP contribution in [-0.2, 0) is 4.79 Å². The van der Waals surface area contributed by atoms with Gasteiger partial charge in [0.15, 0.2) is 6.10 Å². The van der Waals surface area contributed by atoms with Crippen molar-refractivity contribution < 1.29 is 19.1 Å². The van der Waals surface area contributed by atoms with Crippen LogP contribution in [0.1, 0.15) is 22.8 Å². The number of carbonyl (C=O) groups is 2. The van der Waals surface area contributed by atoms with Gasteiger partial charge in [0.05, 0.1) is 12.2 Å². The number of nitrogens with one attached hydrogen (secondary N) is 1. The summed E-state index contributed by atoms with van der Waals surface area (Å²) in [6.07, 6.45) is -0.626. The van der Waals surface area contributed by atoms with Gasteiger partial charge >= 0.3 is 0 Å². The molecule has 1 N–H and O–H groups in total. The molecule has 164 valence electrons. The van der Waals surface area contributed by atoms with Crippen LogP contribution >= 0.6 is 15.9 Å². The number of hydrogen-bond donors (Lipinski definition) is 1. The maximum Gasteiger partial charge on any atom is 0.267 e. The van der Waals surface area contributed by atoms with E-state index < -0.39 is 6.10 Å². The van der Waals surface area contributed by atoms with Gasteiger partial charge in [-0.05, 0) is 62.4 Å². The molecule has 0 saturated heterocycles. The molecule has 1 aliphatic rings. The van der Waals surface area contributed by atoms with Crippen molar-refractivity contribution in [1.29, 1.82) is 0 Å². The van der Waals surface area contributed by atoms with E-state index in [0.717, 1.165) is 15.8 Å². The summed E-state index contributed by atoms with van der Waals surface area (Å²) >= 11 is 3.36. The summed E-state index contributed by atoms with van der Waals surface area (Å²) in [4.78, 5) is 26.9. The number of rotatable bonds is 6. The molecule has 2 amide bonds. The number of nitrogens with zero attached hydrogens (tertiary/aromatic N) is 1. The van der Waals surface area contributed by atoms with E-state index in [9.17, 15) is 9.59 Å². The van der Waals surface area contributed by atoms with Crippen molar-refractivity contribution in [2.75, 3.05) is 23.4 Å². The topological polar surface area (TPSA) is 67.9 Å². The van der Waals surface area contributed by atoms with Crippen LogP contribution in [0.3, 0.4) is 0 Å². The summed E-state index contributed by atoms with van der Waals surface area (Å²) in [5, 5.41) is 2.88. The fourth-order valence-corrected chi connectivity index (χ4v) is 3.68. The number of benzene rings is 3. The summed E-state index contributed by atoms with van der Waals surface area (Å²) in [5.74, 6) is 0.953. The Labute approximate surface area is 195 Å². The maximum atomic E-state index is 12.7. The second-order valence-electron chi connectivity index (χ2n) is 7.55. The highest BCUT2D eigenvalue weighted by atomic mass is 79.9. The van der Waals surface area contributed by atoms with Gasteiger partial charge in [0.1, 0.15) is 18.1 Å². The molecule has 1 aliphatic heterocycles. The lowest BCUT2D eigenvalue weighted by atomic mass is 10.1. The number of hydrogen-bond acceptors (Lipinski definition) is 4. The first-order valence-corrected chi connectivity index (χ1v) is 11.1. The van der Waals surface area contributed by atoms with Gasteiger partial charge in [0, 0.05) is 21.8 Å². The number of ether oxygens (including phenoxy) is 2. The van der Waals surface area contributed by atoms with Crippen LogP contribution in [0.25, 0.3) is 0 Å². The Bertz CT molecular complexity index is 1130. The lowest BCUT2D eigenvalue weighted by Crippen LogP contribution is -2.46. The number of fused-ring (bicyclic) bond motifs is 1. The van der Waals surface area contributed by atoms with Gasteiger partial charge in [0.25, 0.3) is 11.8 Å². The first-order chi connectivity index (χ1) is 15.4. The number of amides is 2. The van der Waals surface area contributed by atoms with Gasteiger partial charge in [-0.1, -0.05) is 33.6 Å². The van der Waals surface area contributed by atoms with Crippen molar-refractivity contribution in [3.63, 3.8) is 0 Å². The van der Waals surface area contributed by atoms with E-state index in [1.54, 1.807) is 42.2 Å². The molecule has 0 fully saturated rings. The highest BCUT2D eigenvalue weighted by molar-refractivity contribution is 9.10. The fraction of sp³-hybridized carbons (Fsp3) is 0.200. The number of anilines is 2. The minimum Gasteiger partial charge on any atom is -0.492 e. The number of carbonyl (C=O) groups excluding carboxylic acids is 2. The van der Waals surface area contributed by atoms with Gasteiger partial charge in [-0.15, -0.1) is 0 Å². The first kappa shape index (κ1) is 21.9. The van der Waals surface area contributed by atoms with E-state index in [-0.39, 0.29) is 11.8 Å².